The number of imidazole rings is 2. The maximum atomic E-state index is 5.75. The van der Waals surface area contributed by atoms with Crippen LogP contribution in [0.1, 0.15) is 32.8 Å². The van der Waals surface area contributed by atoms with Gasteiger partial charge in [0.1, 0.15) is 17.3 Å². The minimum Gasteiger partial charge on any atom is -0.494 e. The molecule has 7 nitrogen and oxygen atoms in total. The molecule has 222 valence electrons. The Morgan fingerprint density at radius 1 is 0.721 bits per heavy atom. The van der Waals surface area contributed by atoms with Gasteiger partial charge >= 0.3 is 0 Å². The van der Waals surface area contributed by atoms with E-state index in [0.29, 0.717) is 26.4 Å². The lowest BCUT2D eigenvalue weighted by Gasteiger charge is -2.15. The molecule has 0 bridgehead atoms. The fourth-order valence-corrected chi connectivity index (χ4v) is 5.08. The molecule has 0 aliphatic heterocycles. The smallest absolute Gasteiger partial charge is 0.141 e. The number of hydrogen-bond acceptors (Lipinski definition) is 5. The van der Waals surface area contributed by atoms with Crippen molar-refractivity contribution < 1.29 is 14.2 Å². The summed E-state index contributed by atoms with van der Waals surface area (Å²) in [6.45, 7) is 10.2. The molecule has 0 radical (unpaired) electrons. The second kappa shape index (κ2) is 15.0. The first-order chi connectivity index (χ1) is 21.2. The van der Waals surface area contributed by atoms with E-state index in [0.717, 1.165) is 70.5 Å². The van der Waals surface area contributed by atoms with Crippen molar-refractivity contribution in [3.8, 4) is 45.4 Å². The van der Waals surface area contributed by atoms with Crippen LogP contribution in [0.25, 0.3) is 40.0 Å². The Hall–Kier alpha value is -4.62. The van der Waals surface area contributed by atoms with Gasteiger partial charge in [0.05, 0.1) is 37.5 Å². The highest BCUT2D eigenvalue weighted by molar-refractivity contribution is 5.82. The Balaban J connectivity index is 1.59. The highest BCUT2D eigenvalue weighted by Gasteiger charge is 2.21. The van der Waals surface area contributed by atoms with Crippen LogP contribution >= 0.6 is 0 Å². The minimum absolute atomic E-state index is 0.608. The summed E-state index contributed by atoms with van der Waals surface area (Å²) in [4.78, 5) is 9.54. The SMILES string of the molecule is CCOC/C=C/c1ccc(-c2nc(-c3ccc(OCC)cc3)c(-c3ccc(OCC)cc3)n2CCCn2ccnc2)cc1. The third-order valence-corrected chi connectivity index (χ3v) is 7.10. The summed E-state index contributed by atoms with van der Waals surface area (Å²) in [7, 11) is 0. The lowest BCUT2D eigenvalue weighted by atomic mass is 10.0. The van der Waals surface area contributed by atoms with Gasteiger partial charge in [-0.15, -0.1) is 0 Å². The molecule has 5 rings (SSSR count). The van der Waals surface area contributed by atoms with Crippen molar-refractivity contribution in [3.05, 3.63) is 103 Å². The molecule has 0 fully saturated rings. The van der Waals surface area contributed by atoms with Gasteiger partial charge in [-0.2, -0.15) is 0 Å². The molecule has 43 heavy (non-hydrogen) atoms. The van der Waals surface area contributed by atoms with E-state index in [2.05, 4.69) is 68.7 Å². The average molecular weight is 577 g/mol. The molecule has 2 aromatic heterocycles. The van der Waals surface area contributed by atoms with Gasteiger partial charge in [0.15, 0.2) is 0 Å². The van der Waals surface area contributed by atoms with Crippen molar-refractivity contribution in [1.29, 1.82) is 0 Å². The first-order valence-corrected chi connectivity index (χ1v) is 15.1. The van der Waals surface area contributed by atoms with Crippen LogP contribution in [-0.4, -0.2) is 45.5 Å². The van der Waals surface area contributed by atoms with E-state index >= 15 is 0 Å². The second-order valence-corrected chi connectivity index (χ2v) is 10.0. The Morgan fingerprint density at radius 2 is 1.37 bits per heavy atom. The third-order valence-electron chi connectivity index (χ3n) is 7.10. The van der Waals surface area contributed by atoms with E-state index in [1.165, 1.54) is 0 Å². The van der Waals surface area contributed by atoms with E-state index in [1.807, 2.05) is 69.8 Å². The maximum absolute atomic E-state index is 5.75. The minimum atomic E-state index is 0.608. The van der Waals surface area contributed by atoms with Crippen LogP contribution in [0.4, 0.5) is 0 Å². The molecule has 0 atom stereocenters. The average Bonchev–Trinajstić information content (AvgIpc) is 3.69. The van der Waals surface area contributed by atoms with E-state index in [-0.39, 0.29) is 0 Å². The first-order valence-electron chi connectivity index (χ1n) is 15.1. The molecule has 5 aromatic rings. The molecule has 2 heterocycles. The standard InChI is InChI=1S/C36H40N4O3/c1-4-41-26-7-9-28-10-12-31(13-11-28)36-38-34(29-14-18-32(19-15-29)42-5-2)35(30-16-20-33(21-17-30)43-6-3)40(36)24-8-23-39-25-22-37-27-39/h7,9-22,25,27H,4-6,8,23-24,26H2,1-3H3/b9-7+. The Kier molecular flexibility index (Phi) is 10.4. The van der Waals surface area contributed by atoms with Gasteiger partial charge in [-0.05, 0) is 81.3 Å². The number of benzene rings is 3. The normalized spacial score (nSPS) is 11.3. The van der Waals surface area contributed by atoms with Gasteiger partial charge in [0, 0.05) is 48.8 Å². The number of ether oxygens (including phenoxy) is 3. The monoisotopic (exact) mass is 576 g/mol. The highest BCUT2D eigenvalue weighted by Crippen LogP contribution is 2.38. The molecular formula is C36H40N4O3. The van der Waals surface area contributed by atoms with Crippen LogP contribution < -0.4 is 9.47 Å². The van der Waals surface area contributed by atoms with Crippen molar-refractivity contribution in [2.45, 2.75) is 40.3 Å². The predicted octanol–water partition coefficient (Wildman–Crippen LogP) is 8.02. The fraction of sp³-hybridized carbons (Fsp3) is 0.278. The second-order valence-electron chi connectivity index (χ2n) is 10.0. The number of nitrogens with zero attached hydrogens (tertiary/aromatic N) is 4. The molecule has 0 saturated carbocycles. The zero-order chi connectivity index (χ0) is 29.9. The molecule has 0 unspecified atom stereocenters. The topological polar surface area (TPSA) is 63.3 Å². The predicted molar refractivity (Wildman–Crippen MR) is 173 cm³/mol. The summed E-state index contributed by atoms with van der Waals surface area (Å²) in [6, 6.07) is 25.1. The van der Waals surface area contributed by atoms with E-state index in [4.69, 9.17) is 19.2 Å². The summed E-state index contributed by atoms with van der Waals surface area (Å²) >= 11 is 0. The van der Waals surface area contributed by atoms with E-state index in [9.17, 15) is 0 Å². The Labute approximate surface area is 254 Å². The lowest BCUT2D eigenvalue weighted by molar-refractivity contribution is 0.178. The van der Waals surface area contributed by atoms with Crippen molar-refractivity contribution in [2.75, 3.05) is 26.4 Å². The van der Waals surface area contributed by atoms with Crippen LogP contribution in [-0.2, 0) is 17.8 Å². The summed E-state index contributed by atoms with van der Waals surface area (Å²) in [5.41, 5.74) is 6.33. The molecule has 3 aromatic carbocycles. The molecule has 0 spiro atoms. The van der Waals surface area contributed by atoms with Crippen molar-refractivity contribution in [2.24, 2.45) is 0 Å². The Bertz CT molecular complexity index is 1570. The molecule has 7 heteroatoms. The first kappa shape index (κ1) is 29.9. The van der Waals surface area contributed by atoms with Crippen molar-refractivity contribution in [1.82, 2.24) is 19.1 Å². The van der Waals surface area contributed by atoms with Crippen molar-refractivity contribution in [3.63, 3.8) is 0 Å². The van der Waals surface area contributed by atoms with E-state index in [1.54, 1.807) is 0 Å². The van der Waals surface area contributed by atoms with E-state index < -0.39 is 0 Å². The van der Waals surface area contributed by atoms with Gasteiger partial charge < -0.3 is 23.3 Å². The lowest BCUT2D eigenvalue weighted by Crippen LogP contribution is -2.06. The van der Waals surface area contributed by atoms with Gasteiger partial charge in [-0.25, -0.2) is 9.97 Å². The number of aromatic nitrogens is 4. The molecule has 0 N–H and O–H groups in total. The molecule has 0 aliphatic carbocycles. The van der Waals surface area contributed by atoms with Crippen LogP contribution in [0, 0.1) is 0 Å². The fourth-order valence-electron chi connectivity index (χ4n) is 5.08. The maximum Gasteiger partial charge on any atom is 0.141 e. The Morgan fingerprint density at radius 3 is 1.98 bits per heavy atom. The summed E-state index contributed by atoms with van der Waals surface area (Å²) in [6.07, 6.45) is 10.8. The number of rotatable bonds is 15. The summed E-state index contributed by atoms with van der Waals surface area (Å²) in [5.74, 6) is 2.64. The third kappa shape index (κ3) is 7.62. The van der Waals surface area contributed by atoms with Gasteiger partial charge in [0.2, 0.25) is 0 Å². The zero-order valence-corrected chi connectivity index (χ0v) is 25.3. The zero-order valence-electron chi connectivity index (χ0n) is 25.3. The highest BCUT2D eigenvalue weighted by atomic mass is 16.5. The van der Waals surface area contributed by atoms with Crippen molar-refractivity contribution >= 4 is 6.08 Å². The molecular weight excluding hydrogens is 536 g/mol. The molecule has 0 amide bonds. The molecule has 0 saturated heterocycles. The van der Waals surface area contributed by atoms with Crippen LogP contribution in [0.5, 0.6) is 11.5 Å². The number of aryl methyl sites for hydroxylation is 1. The van der Waals surface area contributed by atoms with Crippen LogP contribution in [0.2, 0.25) is 0 Å². The van der Waals surface area contributed by atoms with Gasteiger partial charge in [-0.1, -0.05) is 36.4 Å². The van der Waals surface area contributed by atoms with Crippen LogP contribution in [0.3, 0.4) is 0 Å². The molecule has 0 aliphatic rings. The van der Waals surface area contributed by atoms with Gasteiger partial charge in [-0.3, -0.25) is 0 Å². The summed E-state index contributed by atoms with van der Waals surface area (Å²) < 4.78 is 21.4. The van der Waals surface area contributed by atoms with Gasteiger partial charge in [0.25, 0.3) is 0 Å². The number of hydrogen-bond donors (Lipinski definition) is 0. The van der Waals surface area contributed by atoms with Crippen LogP contribution in [0.15, 0.2) is 97.6 Å². The largest absolute Gasteiger partial charge is 0.494 e. The quantitative estimate of drug-likeness (QED) is 0.118. The summed E-state index contributed by atoms with van der Waals surface area (Å²) in [5, 5.41) is 0.